The number of amides is 1. The van der Waals surface area contributed by atoms with Gasteiger partial charge in [0.15, 0.2) is 11.5 Å². The highest BCUT2D eigenvalue weighted by Gasteiger charge is 2.13. The Morgan fingerprint density at radius 2 is 2.00 bits per heavy atom. The lowest BCUT2D eigenvalue weighted by Crippen LogP contribution is -2.13. The molecule has 0 spiro atoms. The molecule has 0 bridgehead atoms. The molecule has 0 atom stereocenters. The van der Waals surface area contributed by atoms with Crippen LogP contribution in [0.2, 0.25) is 0 Å². The molecule has 2 N–H and O–H groups in total. The standard InChI is InChI=1S/C20H19BrN2O3/c1-3-13-5-7-16(8-6-13)23-20(25)15(12-22)9-14-10-19(26-4-2)18(24)11-17(14)21/h5-11,24H,3-4H2,1-2H3,(H,23,25). The molecule has 0 heterocycles. The molecule has 0 aromatic heterocycles. The molecule has 0 aliphatic carbocycles. The minimum atomic E-state index is -0.505. The predicted molar refractivity (Wildman–Crippen MR) is 105 cm³/mol. The Morgan fingerprint density at radius 3 is 2.58 bits per heavy atom. The molecule has 0 aliphatic heterocycles. The van der Waals surface area contributed by atoms with Crippen LogP contribution in [0.1, 0.15) is 25.0 Å². The number of carbonyl (C=O) groups is 1. The molecule has 0 saturated carbocycles. The Morgan fingerprint density at radius 1 is 1.31 bits per heavy atom. The van der Waals surface area contributed by atoms with Gasteiger partial charge in [0.05, 0.1) is 6.61 Å². The molecule has 0 fully saturated rings. The highest BCUT2D eigenvalue weighted by molar-refractivity contribution is 9.10. The summed E-state index contributed by atoms with van der Waals surface area (Å²) in [6, 6.07) is 12.4. The van der Waals surface area contributed by atoms with E-state index in [-0.39, 0.29) is 17.1 Å². The molecule has 1 amide bonds. The average Bonchev–Trinajstić information content (AvgIpc) is 2.63. The van der Waals surface area contributed by atoms with Gasteiger partial charge in [-0.25, -0.2) is 0 Å². The molecule has 0 saturated heterocycles. The maximum absolute atomic E-state index is 12.4. The van der Waals surface area contributed by atoms with E-state index >= 15 is 0 Å². The van der Waals surface area contributed by atoms with Gasteiger partial charge in [0, 0.05) is 10.2 Å². The second-order valence-electron chi connectivity index (χ2n) is 5.45. The van der Waals surface area contributed by atoms with Crippen molar-refractivity contribution in [2.24, 2.45) is 0 Å². The molecule has 0 unspecified atom stereocenters. The van der Waals surface area contributed by atoms with Crippen molar-refractivity contribution >= 4 is 33.6 Å². The normalized spacial score (nSPS) is 10.9. The van der Waals surface area contributed by atoms with Crippen LogP contribution in [0, 0.1) is 11.3 Å². The van der Waals surface area contributed by atoms with Crippen molar-refractivity contribution in [3.8, 4) is 17.6 Å². The summed E-state index contributed by atoms with van der Waals surface area (Å²) in [6.45, 7) is 4.24. The van der Waals surface area contributed by atoms with Gasteiger partial charge in [-0.05, 0) is 54.8 Å². The summed E-state index contributed by atoms with van der Waals surface area (Å²) in [4.78, 5) is 12.4. The van der Waals surface area contributed by atoms with Crippen LogP contribution in [-0.2, 0) is 11.2 Å². The number of aryl methyl sites for hydroxylation is 1. The molecule has 2 rings (SSSR count). The molecule has 0 aliphatic rings. The second kappa shape index (κ2) is 9.07. The smallest absolute Gasteiger partial charge is 0.266 e. The first-order chi connectivity index (χ1) is 12.5. The van der Waals surface area contributed by atoms with E-state index in [1.54, 1.807) is 25.1 Å². The summed E-state index contributed by atoms with van der Waals surface area (Å²) < 4.78 is 5.89. The van der Waals surface area contributed by atoms with E-state index < -0.39 is 5.91 Å². The number of carbonyl (C=O) groups excluding carboxylic acids is 1. The Kier molecular flexibility index (Phi) is 6.81. The number of hydrogen-bond acceptors (Lipinski definition) is 4. The zero-order valence-corrected chi connectivity index (χ0v) is 16.1. The molecule has 2 aromatic carbocycles. The SMILES string of the molecule is CCOc1cc(C=C(C#N)C(=O)Nc2ccc(CC)cc2)c(Br)cc1O. The summed E-state index contributed by atoms with van der Waals surface area (Å²) in [5.41, 5.74) is 2.28. The van der Waals surface area contributed by atoms with Crippen molar-refractivity contribution in [1.29, 1.82) is 5.26 Å². The van der Waals surface area contributed by atoms with Crippen molar-refractivity contribution in [3.05, 3.63) is 57.6 Å². The van der Waals surface area contributed by atoms with E-state index in [0.717, 1.165) is 12.0 Å². The first-order valence-corrected chi connectivity index (χ1v) is 8.95. The number of hydrogen-bond donors (Lipinski definition) is 2. The molecule has 2 aromatic rings. The third-order valence-corrected chi connectivity index (χ3v) is 4.35. The number of benzene rings is 2. The topological polar surface area (TPSA) is 82.3 Å². The van der Waals surface area contributed by atoms with Gasteiger partial charge >= 0.3 is 0 Å². The molecule has 6 heteroatoms. The number of ether oxygens (including phenoxy) is 1. The van der Waals surface area contributed by atoms with E-state index in [2.05, 4.69) is 28.2 Å². The molecule has 134 valence electrons. The number of phenols is 1. The van der Waals surface area contributed by atoms with Gasteiger partial charge < -0.3 is 15.2 Å². The van der Waals surface area contributed by atoms with Crippen LogP contribution in [0.15, 0.2) is 46.4 Å². The Balaban J connectivity index is 2.27. The lowest BCUT2D eigenvalue weighted by molar-refractivity contribution is -0.112. The van der Waals surface area contributed by atoms with Crippen LogP contribution in [0.5, 0.6) is 11.5 Å². The van der Waals surface area contributed by atoms with Gasteiger partial charge in [-0.1, -0.05) is 35.0 Å². The molecule has 0 radical (unpaired) electrons. The summed E-state index contributed by atoms with van der Waals surface area (Å²) in [5.74, 6) is -0.237. The second-order valence-corrected chi connectivity index (χ2v) is 6.30. The van der Waals surface area contributed by atoms with E-state index in [1.165, 1.54) is 12.1 Å². The van der Waals surface area contributed by atoms with Crippen LogP contribution in [0.3, 0.4) is 0 Å². The highest BCUT2D eigenvalue weighted by Crippen LogP contribution is 2.33. The molecule has 5 nitrogen and oxygen atoms in total. The maximum Gasteiger partial charge on any atom is 0.266 e. The number of aromatic hydroxyl groups is 1. The van der Waals surface area contributed by atoms with Gasteiger partial charge in [-0.2, -0.15) is 5.26 Å². The number of rotatable bonds is 6. The van der Waals surface area contributed by atoms with Crippen molar-refractivity contribution in [2.75, 3.05) is 11.9 Å². The van der Waals surface area contributed by atoms with Crippen molar-refractivity contribution in [1.82, 2.24) is 0 Å². The fourth-order valence-electron chi connectivity index (χ4n) is 2.27. The van der Waals surface area contributed by atoms with Gasteiger partial charge in [-0.15, -0.1) is 0 Å². The molecular weight excluding hydrogens is 396 g/mol. The van der Waals surface area contributed by atoms with Gasteiger partial charge in [-0.3, -0.25) is 4.79 Å². The van der Waals surface area contributed by atoms with Gasteiger partial charge in [0.1, 0.15) is 11.6 Å². The van der Waals surface area contributed by atoms with Crippen LogP contribution in [0.25, 0.3) is 6.08 Å². The van der Waals surface area contributed by atoms with Crippen LogP contribution in [-0.4, -0.2) is 17.6 Å². The van der Waals surface area contributed by atoms with E-state index in [0.29, 0.717) is 22.3 Å². The van der Waals surface area contributed by atoms with Crippen LogP contribution in [0.4, 0.5) is 5.69 Å². The van der Waals surface area contributed by atoms with Crippen LogP contribution < -0.4 is 10.1 Å². The van der Waals surface area contributed by atoms with E-state index in [1.807, 2.05) is 18.2 Å². The maximum atomic E-state index is 12.4. The number of phenolic OH excluding ortho intramolecular Hbond substituents is 1. The quantitative estimate of drug-likeness (QED) is 0.531. The lowest BCUT2D eigenvalue weighted by atomic mass is 10.1. The Labute approximate surface area is 161 Å². The zero-order chi connectivity index (χ0) is 19.1. The number of nitrogens with zero attached hydrogens (tertiary/aromatic N) is 1. The van der Waals surface area contributed by atoms with E-state index in [9.17, 15) is 15.2 Å². The predicted octanol–water partition coefficient (Wildman–Crippen LogP) is 4.66. The summed E-state index contributed by atoms with van der Waals surface area (Å²) >= 11 is 3.32. The number of halogens is 1. The highest BCUT2D eigenvalue weighted by atomic mass is 79.9. The van der Waals surface area contributed by atoms with E-state index in [4.69, 9.17) is 4.74 Å². The largest absolute Gasteiger partial charge is 0.504 e. The minimum Gasteiger partial charge on any atom is -0.504 e. The lowest BCUT2D eigenvalue weighted by Gasteiger charge is -2.09. The first-order valence-electron chi connectivity index (χ1n) is 8.15. The fraction of sp³-hybridized carbons (Fsp3) is 0.200. The number of anilines is 1. The Bertz CT molecular complexity index is 868. The van der Waals surface area contributed by atoms with Crippen LogP contribution >= 0.6 is 15.9 Å². The molecular formula is C20H19BrN2O3. The number of nitrogens with one attached hydrogen (secondary N) is 1. The Hall–Kier alpha value is -2.78. The summed E-state index contributed by atoms with van der Waals surface area (Å²) in [5, 5.41) is 21.9. The number of nitriles is 1. The monoisotopic (exact) mass is 414 g/mol. The van der Waals surface area contributed by atoms with Gasteiger partial charge in [0.25, 0.3) is 5.91 Å². The zero-order valence-electron chi connectivity index (χ0n) is 14.5. The summed E-state index contributed by atoms with van der Waals surface area (Å²) in [6.07, 6.45) is 2.36. The minimum absolute atomic E-state index is 0.0187. The van der Waals surface area contributed by atoms with Crippen molar-refractivity contribution in [2.45, 2.75) is 20.3 Å². The average molecular weight is 415 g/mol. The molecule has 26 heavy (non-hydrogen) atoms. The third kappa shape index (κ3) is 4.87. The summed E-state index contributed by atoms with van der Waals surface area (Å²) in [7, 11) is 0. The van der Waals surface area contributed by atoms with Crippen molar-refractivity contribution < 1.29 is 14.6 Å². The van der Waals surface area contributed by atoms with Crippen molar-refractivity contribution in [3.63, 3.8) is 0 Å². The van der Waals surface area contributed by atoms with Gasteiger partial charge in [0.2, 0.25) is 0 Å². The fourth-order valence-corrected chi connectivity index (χ4v) is 2.71. The third-order valence-electron chi connectivity index (χ3n) is 3.66. The first kappa shape index (κ1) is 19.5.